The van der Waals surface area contributed by atoms with Crippen molar-refractivity contribution in [1.29, 1.82) is 0 Å². The van der Waals surface area contributed by atoms with Gasteiger partial charge in [0, 0.05) is 6.07 Å². The molecule has 0 fully saturated rings. The molecule has 1 N–H and O–H groups in total. The molecule has 1 heterocycles. The van der Waals surface area contributed by atoms with Gasteiger partial charge < -0.3 is 9.67 Å². The lowest BCUT2D eigenvalue weighted by molar-refractivity contribution is 0.474. The summed E-state index contributed by atoms with van der Waals surface area (Å²) in [6.45, 7) is 2.04. The molecule has 1 atom stereocenters. The van der Waals surface area contributed by atoms with Gasteiger partial charge in [-0.25, -0.2) is 9.37 Å². The van der Waals surface area contributed by atoms with Crippen molar-refractivity contribution in [3.8, 4) is 5.75 Å². The first-order valence-electron chi connectivity index (χ1n) is 6.06. The Bertz CT molecular complexity index is 719. The molecule has 0 radical (unpaired) electrons. The fourth-order valence-electron chi connectivity index (χ4n) is 2.23. The molecule has 2 aromatic carbocycles. The number of fused-ring (bicyclic) bond motifs is 1. The second kappa shape index (κ2) is 4.39. The van der Waals surface area contributed by atoms with E-state index in [9.17, 15) is 9.50 Å². The summed E-state index contributed by atoms with van der Waals surface area (Å²) in [7, 11) is 0. The molecule has 3 aromatic rings. The molecule has 0 spiro atoms. The molecule has 19 heavy (non-hydrogen) atoms. The lowest BCUT2D eigenvalue weighted by Gasteiger charge is -2.15. The third-order valence-electron chi connectivity index (χ3n) is 3.33. The van der Waals surface area contributed by atoms with Crippen LogP contribution < -0.4 is 0 Å². The summed E-state index contributed by atoms with van der Waals surface area (Å²) in [5.74, 6) is -0.0384. The van der Waals surface area contributed by atoms with E-state index in [1.165, 1.54) is 12.1 Å². The summed E-state index contributed by atoms with van der Waals surface area (Å²) >= 11 is 0. The van der Waals surface area contributed by atoms with Crippen LogP contribution in [0.15, 0.2) is 48.8 Å². The zero-order chi connectivity index (χ0) is 13.4. The highest BCUT2D eigenvalue weighted by atomic mass is 19.1. The van der Waals surface area contributed by atoms with Gasteiger partial charge in [0.05, 0.1) is 23.4 Å². The normalized spacial score (nSPS) is 12.7. The first kappa shape index (κ1) is 11.7. The predicted octanol–water partition coefficient (Wildman–Crippen LogP) is 3.49. The van der Waals surface area contributed by atoms with Crippen LogP contribution >= 0.6 is 0 Å². The molecule has 96 valence electrons. The fraction of sp³-hybridized carbons (Fsp3) is 0.133. The molecule has 3 nitrogen and oxygen atoms in total. The number of rotatable bonds is 2. The van der Waals surface area contributed by atoms with Crippen molar-refractivity contribution in [2.75, 3.05) is 0 Å². The molecule has 0 saturated carbocycles. The summed E-state index contributed by atoms with van der Waals surface area (Å²) in [6.07, 6.45) is 1.71. The van der Waals surface area contributed by atoms with Crippen LogP contribution in [0.1, 0.15) is 18.5 Å². The van der Waals surface area contributed by atoms with E-state index in [0.29, 0.717) is 5.52 Å². The third kappa shape index (κ3) is 2.05. The van der Waals surface area contributed by atoms with Crippen LogP contribution in [0.3, 0.4) is 0 Å². The molecule has 0 bridgehead atoms. The number of phenols is 1. The quantitative estimate of drug-likeness (QED) is 0.762. The monoisotopic (exact) mass is 256 g/mol. The Morgan fingerprint density at radius 1 is 1.16 bits per heavy atom. The molecular weight excluding hydrogens is 243 g/mol. The van der Waals surface area contributed by atoms with Gasteiger partial charge in [-0.2, -0.15) is 0 Å². The molecule has 0 amide bonds. The predicted molar refractivity (Wildman–Crippen MR) is 71.6 cm³/mol. The first-order chi connectivity index (χ1) is 9.15. The molecule has 0 saturated heterocycles. The van der Waals surface area contributed by atoms with E-state index >= 15 is 0 Å². The Morgan fingerprint density at radius 3 is 2.63 bits per heavy atom. The zero-order valence-corrected chi connectivity index (χ0v) is 10.4. The molecule has 0 aliphatic heterocycles. The average Bonchev–Trinajstić information content (AvgIpc) is 2.81. The lowest BCUT2D eigenvalue weighted by atomic mass is 10.1. The van der Waals surface area contributed by atoms with E-state index in [-0.39, 0.29) is 17.6 Å². The van der Waals surface area contributed by atoms with Gasteiger partial charge in [-0.15, -0.1) is 0 Å². The number of halogens is 1. The molecule has 0 aliphatic carbocycles. The van der Waals surface area contributed by atoms with Gasteiger partial charge in [0.25, 0.3) is 0 Å². The summed E-state index contributed by atoms with van der Waals surface area (Å²) < 4.78 is 15.1. The van der Waals surface area contributed by atoms with Gasteiger partial charge in [-0.3, -0.25) is 0 Å². The smallest absolute Gasteiger partial charge is 0.125 e. The lowest BCUT2D eigenvalue weighted by Crippen LogP contribution is -2.05. The van der Waals surface area contributed by atoms with Crippen molar-refractivity contribution in [2.24, 2.45) is 0 Å². The van der Waals surface area contributed by atoms with Gasteiger partial charge in [-0.05, 0) is 36.8 Å². The van der Waals surface area contributed by atoms with Crippen molar-refractivity contribution < 1.29 is 9.50 Å². The van der Waals surface area contributed by atoms with Crippen LogP contribution in [0.25, 0.3) is 11.0 Å². The minimum Gasteiger partial charge on any atom is -0.508 e. The Labute approximate surface area is 109 Å². The summed E-state index contributed by atoms with van der Waals surface area (Å²) in [6, 6.07) is 11.7. The number of aromatic nitrogens is 2. The Hall–Kier alpha value is -2.36. The van der Waals surface area contributed by atoms with Crippen molar-refractivity contribution in [3.63, 3.8) is 0 Å². The van der Waals surface area contributed by atoms with Crippen LogP contribution in [0, 0.1) is 5.82 Å². The standard InChI is InChI=1S/C15H13FN2O/c1-10(11-2-5-13(19)6-3-11)18-9-17-14-8-12(16)4-7-15(14)18/h2-10,19H,1H3. The van der Waals surface area contributed by atoms with Crippen molar-refractivity contribution in [3.05, 3.63) is 60.2 Å². The summed E-state index contributed by atoms with van der Waals surface area (Å²) in [5, 5.41) is 9.31. The van der Waals surface area contributed by atoms with Crippen LogP contribution in [0.5, 0.6) is 5.75 Å². The maximum atomic E-state index is 13.1. The van der Waals surface area contributed by atoms with E-state index < -0.39 is 0 Å². The molecule has 0 aliphatic rings. The van der Waals surface area contributed by atoms with Gasteiger partial charge in [-0.1, -0.05) is 12.1 Å². The van der Waals surface area contributed by atoms with Crippen LogP contribution in [-0.2, 0) is 0 Å². The number of hydrogen-bond acceptors (Lipinski definition) is 2. The maximum Gasteiger partial charge on any atom is 0.125 e. The molecule has 1 unspecified atom stereocenters. The molecule has 4 heteroatoms. The average molecular weight is 256 g/mol. The number of hydrogen-bond donors (Lipinski definition) is 1. The van der Waals surface area contributed by atoms with E-state index in [2.05, 4.69) is 4.98 Å². The number of aromatic hydroxyl groups is 1. The highest BCUT2D eigenvalue weighted by molar-refractivity contribution is 5.75. The third-order valence-corrected chi connectivity index (χ3v) is 3.33. The van der Waals surface area contributed by atoms with Crippen LogP contribution in [-0.4, -0.2) is 14.7 Å². The molecule has 3 rings (SSSR count). The highest BCUT2D eigenvalue weighted by Gasteiger charge is 2.11. The van der Waals surface area contributed by atoms with Gasteiger partial charge in [0.1, 0.15) is 11.6 Å². The number of nitrogens with zero attached hydrogens (tertiary/aromatic N) is 2. The van der Waals surface area contributed by atoms with E-state index in [4.69, 9.17) is 0 Å². The minimum absolute atomic E-state index is 0.0658. The van der Waals surface area contributed by atoms with Gasteiger partial charge >= 0.3 is 0 Å². The largest absolute Gasteiger partial charge is 0.508 e. The molecular formula is C15H13FN2O. The Kier molecular flexibility index (Phi) is 2.71. The van der Waals surface area contributed by atoms with Gasteiger partial charge in [0.15, 0.2) is 0 Å². The highest BCUT2D eigenvalue weighted by Crippen LogP contribution is 2.24. The van der Waals surface area contributed by atoms with E-state index in [1.807, 2.05) is 23.6 Å². The second-order valence-corrected chi connectivity index (χ2v) is 4.55. The zero-order valence-electron chi connectivity index (χ0n) is 10.4. The van der Waals surface area contributed by atoms with Crippen molar-refractivity contribution in [2.45, 2.75) is 13.0 Å². The minimum atomic E-state index is -0.282. The Morgan fingerprint density at radius 2 is 1.89 bits per heavy atom. The van der Waals surface area contributed by atoms with E-state index in [0.717, 1.165) is 11.1 Å². The number of phenolic OH excluding ortho intramolecular Hbond substituents is 1. The van der Waals surface area contributed by atoms with Crippen LogP contribution in [0.4, 0.5) is 4.39 Å². The van der Waals surface area contributed by atoms with Gasteiger partial charge in [0.2, 0.25) is 0 Å². The summed E-state index contributed by atoms with van der Waals surface area (Å²) in [4.78, 5) is 4.22. The van der Waals surface area contributed by atoms with Crippen molar-refractivity contribution in [1.82, 2.24) is 9.55 Å². The second-order valence-electron chi connectivity index (χ2n) is 4.55. The maximum absolute atomic E-state index is 13.1. The van der Waals surface area contributed by atoms with Crippen molar-refractivity contribution >= 4 is 11.0 Å². The topological polar surface area (TPSA) is 38.0 Å². The number of imidazole rings is 1. The number of benzene rings is 2. The van der Waals surface area contributed by atoms with Crippen LogP contribution in [0.2, 0.25) is 0 Å². The first-order valence-corrected chi connectivity index (χ1v) is 6.06. The summed E-state index contributed by atoms with van der Waals surface area (Å²) in [5.41, 5.74) is 2.59. The Balaban J connectivity index is 2.06. The fourth-order valence-corrected chi connectivity index (χ4v) is 2.23. The SMILES string of the molecule is CC(c1ccc(O)cc1)n1cnc2cc(F)ccc21. The van der Waals surface area contributed by atoms with E-state index in [1.54, 1.807) is 24.5 Å². The molecule has 1 aromatic heterocycles.